The van der Waals surface area contributed by atoms with E-state index < -0.39 is 0 Å². The summed E-state index contributed by atoms with van der Waals surface area (Å²) in [6.07, 6.45) is 12.0. The lowest BCUT2D eigenvalue weighted by Crippen LogP contribution is -2.23. The second kappa shape index (κ2) is 6.32. The van der Waals surface area contributed by atoms with Gasteiger partial charge in [-0.1, -0.05) is 47.3 Å². The first kappa shape index (κ1) is 14.7. The Hall–Kier alpha value is -1.88. The first-order valence-electron chi connectivity index (χ1n) is 8.16. The van der Waals surface area contributed by atoms with Crippen LogP contribution in [0.5, 0.6) is 0 Å². The molecule has 5 heteroatoms. The van der Waals surface area contributed by atoms with E-state index in [2.05, 4.69) is 42.8 Å². The Balaban J connectivity index is 1.80. The van der Waals surface area contributed by atoms with Gasteiger partial charge in [0.2, 0.25) is 0 Å². The van der Waals surface area contributed by atoms with Gasteiger partial charge in [0, 0.05) is 28.5 Å². The molecular formula is C18H19BrN4. The topological polar surface area (TPSA) is 42.2 Å². The lowest BCUT2D eigenvalue weighted by Gasteiger charge is -2.24. The molecule has 2 aromatic heterocycles. The summed E-state index contributed by atoms with van der Waals surface area (Å²) in [6, 6.07) is 8.83. The molecule has 0 spiro atoms. The molecule has 1 aliphatic carbocycles. The van der Waals surface area contributed by atoms with Gasteiger partial charge in [0.15, 0.2) is 5.65 Å². The van der Waals surface area contributed by atoms with Crippen LogP contribution in [0.3, 0.4) is 0 Å². The fourth-order valence-corrected chi connectivity index (χ4v) is 3.72. The van der Waals surface area contributed by atoms with Gasteiger partial charge >= 0.3 is 0 Å². The Kier molecular flexibility index (Phi) is 4.04. The van der Waals surface area contributed by atoms with Crippen LogP contribution >= 0.6 is 15.9 Å². The molecular weight excluding hydrogens is 352 g/mol. The Morgan fingerprint density at radius 1 is 1.17 bits per heavy atom. The van der Waals surface area contributed by atoms with E-state index in [4.69, 9.17) is 4.98 Å². The molecule has 2 heterocycles. The fourth-order valence-electron chi connectivity index (χ4n) is 3.32. The van der Waals surface area contributed by atoms with Crippen LogP contribution < -0.4 is 5.32 Å². The first-order chi connectivity index (χ1) is 11.3. The number of hydrogen-bond donors (Lipinski definition) is 1. The predicted octanol–water partition coefficient (Wildman–Crippen LogP) is 4.90. The average Bonchev–Trinajstić information content (AvgIpc) is 2.95. The molecule has 0 amide bonds. The van der Waals surface area contributed by atoms with Crippen LogP contribution in [-0.2, 0) is 0 Å². The van der Waals surface area contributed by atoms with Gasteiger partial charge < -0.3 is 5.32 Å². The molecule has 4 nitrogen and oxygen atoms in total. The Morgan fingerprint density at radius 2 is 2.04 bits per heavy atom. The van der Waals surface area contributed by atoms with Crippen LogP contribution in [0.1, 0.15) is 32.1 Å². The molecule has 3 aromatic rings. The minimum atomic E-state index is 0.530. The van der Waals surface area contributed by atoms with Crippen molar-refractivity contribution < 1.29 is 0 Å². The highest BCUT2D eigenvalue weighted by atomic mass is 79.9. The molecule has 0 bridgehead atoms. The quantitative estimate of drug-likeness (QED) is 0.712. The summed E-state index contributed by atoms with van der Waals surface area (Å²) in [7, 11) is 0. The third kappa shape index (κ3) is 2.98. The van der Waals surface area contributed by atoms with Crippen molar-refractivity contribution in [3.8, 4) is 11.3 Å². The van der Waals surface area contributed by atoms with Gasteiger partial charge in [-0.3, -0.25) is 9.38 Å². The summed E-state index contributed by atoms with van der Waals surface area (Å²) in [5.74, 6) is 1.08. The second-order valence-electron chi connectivity index (χ2n) is 6.10. The summed E-state index contributed by atoms with van der Waals surface area (Å²) in [5, 5.41) is 3.75. The summed E-state index contributed by atoms with van der Waals surface area (Å²) in [4.78, 5) is 9.01. The molecule has 0 saturated heterocycles. The van der Waals surface area contributed by atoms with Gasteiger partial charge in [-0.2, -0.15) is 0 Å². The first-order valence-corrected chi connectivity index (χ1v) is 8.95. The smallest absolute Gasteiger partial charge is 0.157 e. The van der Waals surface area contributed by atoms with E-state index in [9.17, 15) is 0 Å². The third-order valence-corrected chi connectivity index (χ3v) is 4.97. The molecule has 0 aliphatic heterocycles. The number of imidazole rings is 1. The maximum Gasteiger partial charge on any atom is 0.157 e. The highest BCUT2D eigenvalue weighted by molar-refractivity contribution is 9.10. The van der Waals surface area contributed by atoms with Gasteiger partial charge in [-0.05, 0) is 25.0 Å². The lowest BCUT2D eigenvalue weighted by molar-refractivity contribution is 0.461. The van der Waals surface area contributed by atoms with E-state index in [1.807, 2.05) is 30.7 Å². The molecule has 1 N–H and O–H groups in total. The summed E-state index contributed by atoms with van der Waals surface area (Å²) in [5.41, 5.74) is 2.98. The molecule has 23 heavy (non-hydrogen) atoms. The number of fused-ring (bicyclic) bond motifs is 1. The standard InChI is InChI=1S/C18H19BrN4/c19-14-6-4-5-13(11-14)17-18(21-15-7-2-1-3-8-15)23-10-9-20-12-16(23)22-17/h4-6,9-12,15,21H,1-3,7-8H2. The van der Waals surface area contributed by atoms with Crippen molar-refractivity contribution in [2.75, 3.05) is 5.32 Å². The predicted molar refractivity (Wildman–Crippen MR) is 96.6 cm³/mol. The van der Waals surface area contributed by atoms with Crippen LogP contribution in [0.4, 0.5) is 5.82 Å². The molecule has 1 saturated carbocycles. The largest absolute Gasteiger partial charge is 0.367 e. The van der Waals surface area contributed by atoms with Crippen LogP contribution in [-0.4, -0.2) is 20.4 Å². The van der Waals surface area contributed by atoms with E-state index >= 15 is 0 Å². The number of benzene rings is 1. The number of anilines is 1. The molecule has 1 aliphatic rings. The highest BCUT2D eigenvalue weighted by Gasteiger charge is 2.19. The zero-order chi connectivity index (χ0) is 15.6. The Morgan fingerprint density at radius 3 is 2.87 bits per heavy atom. The normalized spacial score (nSPS) is 15.9. The summed E-state index contributed by atoms with van der Waals surface area (Å²) < 4.78 is 3.17. The average molecular weight is 371 g/mol. The Labute approximate surface area is 144 Å². The lowest BCUT2D eigenvalue weighted by atomic mass is 9.95. The number of rotatable bonds is 3. The van der Waals surface area contributed by atoms with Crippen LogP contribution in [0, 0.1) is 0 Å². The van der Waals surface area contributed by atoms with Crippen molar-refractivity contribution in [3.63, 3.8) is 0 Å². The number of halogens is 1. The molecule has 0 unspecified atom stereocenters. The number of nitrogens with one attached hydrogen (secondary N) is 1. The minimum absolute atomic E-state index is 0.530. The van der Waals surface area contributed by atoms with Crippen LogP contribution in [0.25, 0.3) is 16.9 Å². The van der Waals surface area contributed by atoms with Crippen molar-refractivity contribution in [1.29, 1.82) is 0 Å². The van der Waals surface area contributed by atoms with E-state index in [-0.39, 0.29) is 0 Å². The van der Waals surface area contributed by atoms with Crippen LogP contribution in [0.15, 0.2) is 47.3 Å². The highest BCUT2D eigenvalue weighted by Crippen LogP contribution is 2.32. The second-order valence-corrected chi connectivity index (χ2v) is 7.02. The Bertz CT molecular complexity index is 821. The molecule has 0 radical (unpaired) electrons. The van der Waals surface area contributed by atoms with Gasteiger partial charge in [-0.25, -0.2) is 4.98 Å². The minimum Gasteiger partial charge on any atom is -0.367 e. The zero-order valence-corrected chi connectivity index (χ0v) is 14.5. The molecule has 0 atom stereocenters. The summed E-state index contributed by atoms with van der Waals surface area (Å²) >= 11 is 3.56. The maximum absolute atomic E-state index is 4.81. The van der Waals surface area contributed by atoms with Gasteiger partial charge in [0.1, 0.15) is 11.5 Å². The van der Waals surface area contributed by atoms with E-state index in [0.29, 0.717) is 6.04 Å². The molecule has 4 rings (SSSR count). The molecule has 1 fully saturated rings. The number of nitrogens with zero attached hydrogens (tertiary/aromatic N) is 3. The number of aromatic nitrogens is 3. The monoisotopic (exact) mass is 370 g/mol. The molecule has 118 valence electrons. The SMILES string of the molecule is Brc1cccc(-c2nc3cnccn3c2NC2CCCCC2)c1. The van der Waals surface area contributed by atoms with Crippen molar-refractivity contribution in [2.45, 2.75) is 38.1 Å². The van der Waals surface area contributed by atoms with E-state index in [1.165, 1.54) is 32.1 Å². The number of hydrogen-bond acceptors (Lipinski definition) is 3. The van der Waals surface area contributed by atoms with E-state index in [1.54, 1.807) is 0 Å². The van der Waals surface area contributed by atoms with Crippen molar-refractivity contribution >= 4 is 27.4 Å². The summed E-state index contributed by atoms with van der Waals surface area (Å²) in [6.45, 7) is 0. The van der Waals surface area contributed by atoms with Crippen molar-refractivity contribution in [2.24, 2.45) is 0 Å². The van der Waals surface area contributed by atoms with Crippen LogP contribution in [0.2, 0.25) is 0 Å². The van der Waals surface area contributed by atoms with Gasteiger partial charge in [0.05, 0.1) is 6.20 Å². The fraction of sp³-hybridized carbons (Fsp3) is 0.333. The zero-order valence-electron chi connectivity index (χ0n) is 12.9. The van der Waals surface area contributed by atoms with Gasteiger partial charge in [0.25, 0.3) is 0 Å². The van der Waals surface area contributed by atoms with E-state index in [0.717, 1.165) is 27.2 Å². The molecule has 1 aromatic carbocycles. The van der Waals surface area contributed by atoms with Gasteiger partial charge in [-0.15, -0.1) is 0 Å². The van der Waals surface area contributed by atoms with Crippen molar-refractivity contribution in [1.82, 2.24) is 14.4 Å². The maximum atomic E-state index is 4.81. The third-order valence-electron chi connectivity index (χ3n) is 4.47. The van der Waals surface area contributed by atoms with Crippen molar-refractivity contribution in [3.05, 3.63) is 47.3 Å².